The van der Waals surface area contributed by atoms with E-state index in [0.29, 0.717) is 11.7 Å². The standard InChI is InChI=1S/C25H25ClN2O2/c26-24-12-10-16(14-27-24)9-11-17-13-20-21(19-6-2-1-5-18(17)19)15-28(25(20)30)22-7-3-4-8-23(22)29/h1-2,5-6,10,12-14,22-23,29H,3-4,7-9,11,15H2/t22-,23-/m0/s1. The van der Waals surface area contributed by atoms with Gasteiger partial charge in [0.1, 0.15) is 5.15 Å². The largest absolute Gasteiger partial charge is 0.391 e. The predicted octanol–water partition coefficient (Wildman–Crippen LogP) is 4.93. The molecule has 0 unspecified atom stereocenters. The van der Waals surface area contributed by atoms with E-state index in [1.807, 2.05) is 29.3 Å². The highest BCUT2D eigenvalue weighted by atomic mass is 35.5. The second-order valence-electron chi connectivity index (χ2n) is 8.45. The second kappa shape index (κ2) is 8.01. The molecule has 1 amide bonds. The zero-order valence-corrected chi connectivity index (χ0v) is 17.6. The number of hydrogen-bond acceptors (Lipinski definition) is 3. The van der Waals surface area contributed by atoms with Crippen molar-refractivity contribution in [1.29, 1.82) is 0 Å². The molecule has 3 aromatic rings. The molecule has 2 atom stereocenters. The summed E-state index contributed by atoms with van der Waals surface area (Å²) in [5.41, 5.74) is 4.21. The molecule has 0 bridgehead atoms. The molecule has 1 aromatic heterocycles. The number of aliphatic hydroxyl groups excluding tert-OH is 1. The van der Waals surface area contributed by atoms with E-state index in [4.69, 9.17) is 11.6 Å². The third-order valence-electron chi connectivity index (χ3n) is 6.63. The number of halogens is 1. The molecule has 1 N–H and O–H groups in total. The summed E-state index contributed by atoms with van der Waals surface area (Å²) in [6.45, 7) is 0.595. The summed E-state index contributed by atoms with van der Waals surface area (Å²) in [6.07, 6.45) is 6.85. The molecule has 2 aliphatic rings. The number of hydrogen-bond donors (Lipinski definition) is 1. The quantitative estimate of drug-likeness (QED) is 0.608. The van der Waals surface area contributed by atoms with Crippen molar-refractivity contribution in [2.24, 2.45) is 0 Å². The van der Waals surface area contributed by atoms with Crippen molar-refractivity contribution >= 4 is 28.3 Å². The van der Waals surface area contributed by atoms with Crippen LogP contribution in [0.1, 0.15) is 52.7 Å². The van der Waals surface area contributed by atoms with Gasteiger partial charge in [-0.15, -0.1) is 0 Å². The highest BCUT2D eigenvalue weighted by Gasteiger charge is 2.38. The number of pyridine rings is 1. The first kappa shape index (κ1) is 19.5. The van der Waals surface area contributed by atoms with Gasteiger partial charge in [0.25, 0.3) is 5.91 Å². The lowest BCUT2D eigenvalue weighted by molar-refractivity contribution is 0.0192. The fourth-order valence-corrected chi connectivity index (χ4v) is 5.14. The second-order valence-corrected chi connectivity index (χ2v) is 8.84. The van der Waals surface area contributed by atoms with Gasteiger partial charge in [0.15, 0.2) is 0 Å². The Morgan fingerprint density at radius 1 is 1.07 bits per heavy atom. The third-order valence-corrected chi connectivity index (χ3v) is 6.85. The van der Waals surface area contributed by atoms with Crippen molar-refractivity contribution < 1.29 is 9.90 Å². The van der Waals surface area contributed by atoms with Gasteiger partial charge in [-0.05, 0) is 65.3 Å². The number of aromatic nitrogens is 1. The van der Waals surface area contributed by atoms with Crippen molar-refractivity contribution in [3.05, 3.63) is 76.1 Å². The average molecular weight is 421 g/mol. The molecule has 5 rings (SSSR count). The van der Waals surface area contributed by atoms with Crippen LogP contribution in [0.2, 0.25) is 5.15 Å². The monoisotopic (exact) mass is 420 g/mol. The Labute approximate surface area is 181 Å². The predicted molar refractivity (Wildman–Crippen MR) is 119 cm³/mol. The van der Waals surface area contributed by atoms with Crippen LogP contribution >= 0.6 is 11.6 Å². The summed E-state index contributed by atoms with van der Waals surface area (Å²) >= 11 is 5.90. The topological polar surface area (TPSA) is 53.4 Å². The number of fused-ring (bicyclic) bond motifs is 3. The van der Waals surface area contributed by atoms with Gasteiger partial charge >= 0.3 is 0 Å². The van der Waals surface area contributed by atoms with Gasteiger partial charge in [0.2, 0.25) is 0 Å². The third kappa shape index (κ3) is 3.48. The van der Waals surface area contributed by atoms with Crippen molar-refractivity contribution in [3.63, 3.8) is 0 Å². The van der Waals surface area contributed by atoms with Gasteiger partial charge < -0.3 is 10.0 Å². The summed E-state index contributed by atoms with van der Waals surface area (Å²) in [5, 5.41) is 13.4. The normalized spacial score (nSPS) is 21.3. The molecule has 1 fully saturated rings. The van der Waals surface area contributed by atoms with Crippen molar-refractivity contribution in [2.75, 3.05) is 0 Å². The first-order valence-electron chi connectivity index (χ1n) is 10.7. The fourth-order valence-electron chi connectivity index (χ4n) is 5.03. The number of benzene rings is 2. The van der Waals surface area contributed by atoms with Crippen molar-refractivity contribution in [1.82, 2.24) is 9.88 Å². The van der Waals surface area contributed by atoms with E-state index in [9.17, 15) is 9.90 Å². The molecule has 2 aromatic carbocycles. The molecule has 154 valence electrons. The van der Waals surface area contributed by atoms with Crippen LogP contribution in [0, 0.1) is 0 Å². The minimum atomic E-state index is -0.417. The lowest BCUT2D eigenvalue weighted by atomic mass is 9.91. The van der Waals surface area contributed by atoms with E-state index < -0.39 is 6.10 Å². The fraction of sp³-hybridized carbons (Fsp3) is 0.360. The maximum atomic E-state index is 13.3. The summed E-state index contributed by atoms with van der Waals surface area (Å²) in [6, 6.07) is 14.2. The van der Waals surface area contributed by atoms with Gasteiger partial charge in [0.05, 0.1) is 12.1 Å². The minimum Gasteiger partial charge on any atom is -0.391 e. The lowest BCUT2D eigenvalue weighted by Crippen LogP contribution is -2.45. The molecule has 0 spiro atoms. The number of rotatable bonds is 4. The van der Waals surface area contributed by atoms with Crippen LogP contribution in [0.25, 0.3) is 10.8 Å². The average Bonchev–Trinajstić information content (AvgIpc) is 3.10. The summed E-state index contributed by atoms with van der Waals surface area (Å²) in [4.78, 5) is 19.4. The molecular formula is C25H25ClN2O2. The van der Waals surface area contributed by atoms with Gasteiger partial charge in [0, 0.05) is 18.3 Å². The Bertz CT molecular complexity index is 1100. The van der Waals surface area contributed by atoms with Crippen LogP contribution in [0.5, 0.6) is 0 Å². The van der Waals surface area contributed by atoms with E-state index in [1.165, 1.54) is 10.9 Å². The van der Waals surface area contributed by atoms with Gasteiger partial charge in [-0.1, -0.05) is 54.8 Å². The first-order valence-corrected chi connectivity index (χ1v) is 11.1. The summed E-state index contributed by atoms with van der Waals surface area (Å²) in [5.74, 6) is 0.0658. The number of aryl methyl sites for hydroxylation is 2. The van der Waals surface area contributed by atoms with Gasteiger partial charge in [-0.3, -0.25) is 4.79 Å². The zero-order valence-electron chi connectivity index (χ0n) is 16.9. The zero-order chi connectivity index (χ0) is 20.7. The van der Waals surface area contributed by atoms with E-state index in [-0.39, 0.29) is 11.9 Å². The number of amides is 1. The Hall–Kier alpha value is -2.43. The van der Waals surface area contributed by atoms with Crippen LogP contribution in [0.15, 0.2) is 48.7 Å². The minimum absolute atomic E-state index is 0.0658. The van der Waals surface area contributed by atoms with Crippen molar-refractivity contribution in [2.45, 2.75) is 57.2 Å². The Balaban J connectivity index is 1.49. The number of aliphatic hydroxyl groups is 1. The molecule has 0 saturated heterocycles. The molecule has 30 heavy (non-hydrogen) atoms. The van der Waals surface area contributed by atoms with Crippen LogP contribution in [-0.4, -0.2) is 33.0 Å². The van der Waals surface area contributed by atoms with E-state index >= 15 is 0 Å². The van der Waals surface area contributed by atoms with E-state index in [1.54, 1.807) is 0 Å². The molecule has 4 nitrogen and oxygen atoms in total. The smallest absolute Gasteiger partial charge is 0.254 e. The van der Waals surface area contributed by atoms with Crippen molar-refractivity contribution in [3.8, 4) is 0 Å². The molecular weight excluding hydrogens is 396 g/mol. The summed E-state index contributed by atoms with van der Waals surface area (Å²) in [7, 11) is 0. The molecule has 1 saturated carbocycles. The van der Waals surface area contributed by atoms with Crippen LogP contribution < -0.4 is 0 Å². The number of carbonyl (C=O) groups is 1. The molecule has 2 heterocycles. The van der Waals surface area contributed by atoms with E-state index in [2.05, 4.69) is 29.2 Å². The Morgan fingerprint density at radius 3 is 2.63 bits per heavy atom. The van der Waals surface area contributed by atoms with Crippen LogP contribution in [-0.2, 0) is 19.4 Å². The summed E-state index contributed by atoms with van der Waals surface area (Å²) < 4.78 is 0. The Morgan fingerprint density at radius 2 is 1.87 bits per heavy atom. The van der Waals surface area contributed by atoms with Gasteiger partial charge in [-0.25, -0.2) is 4.98 Å². The van der Waals surface area contributed by atoms with Gasteiger partial charge in [-0.2, -0.15) is 0 Å². The molecule has 1 aliphatic heterocycles. The first-order chi connectivity index (χ1) is 14.6. The molecule has 5 heteroatoms. The van der Waals surface area contributed by atoms with E-state index in [0.717, 1.165) is 60.6 Å². The SMILES string of the molecule is O=C1c2cc(CCc3ccc(Cl)nc3)c3ccccc3c2CN1[C@H]1CCCC[C@@H]1O. The maximum absolute atomic E-state index is 13.3. The highest BCUT2D eigenvalue weighted by Crippen LogP contribution is 2.36. The maximum Gasteiger partial charge on any atom is 0.254 e. The number of nitrogens with zero attached hydrogens (tertiary/aromatic N) is 2. The van der Waals surface area contributed by atoms with Crippen LogP contribution in [0.4, 0.5) is 0 Å². The molecule has 1 aliphatic carbocycles. The lowest BCUT2D eigenvalue weighted by Gasteiger charge is -2.35. The van der Waals surface area contributed by atoms with Crippen LogP contribution in [0.3, 0.4) is 0 Å². The molecule has 0 radical (unpaired) electrons. The Kier molecular flexibility index (Phi) is 5.21. The highest BCUT2D eigenvalue weighted by molar-refractivity contribution is 6.29. The number of carbonyl (C=O) groups excluding carboxylic acids is 1.